The molecule has 0 saturated heterocycles. The summed E-state index contributed by atoms with van der Waals surface area (Å²) in [6.45, 7) is 3.20. The normalized spacial score (nSPS) is 11.6. The average molecular weight is 462 g/mol. The lowest BCUT2D eigenvalue weighted by Gasteiger charge is -2.18. The van der Waals surface area contributed by atoms with Crippen molar-refractivity contribution in [3.05, 3.63) is 96.1 Å². The SMILES string of the molecule is CCOCCC(=O)NC(COCc1ccccc1)C(=O)Cc1ccc(Oc2ccccc2)cc1. The Morgan fingerprint density at radius 1 is 0.794 bits per heavy atom. The minimum Gasteiger partial charge on any atom is -0.457 e. The van der Waals surface area contributed by atoms with Gasteiger partial charge < -0.3 is 19.5 Å². The van der Waals surface area contributed by atoms with E-state index in [4.69, 9.17) is 14.2 Å². The number of Topliss-reactive ketones (excluding diaryl/α,β-unsaturated/α-hetero) is 1. The van der Waals surface area contributed by atoms with Crippen LogP contribution in [-0.4, -0.2) is 37.6 Å². The van der Waals surface area contributed by atoms with Gasteiger partial charge in [-0.1, -0.05) is 60.7 Å². The predicted octanol–water partition coefficient (Wildman–Crippen LogP) is 4.72. The number of para-hydroxylation sites is 1. The number of benzene rings is 3. The second kappa shape index (κ2) is 13.9. The van der Waals surface area contributed by atoms with E-state index in [-0.39, 0.29) is 31.1 Å². The second-order valence-electron chi connectivity index (χ2n) is 7.77. The first-order chi connectivity index (χ1) is 16.6. The predicted molar refractivity (Wildman–Crippen MR) is 131 cm³/mol. The second-order valence-corrected chi connectivity index (χ2v) is 7.77. The molecule has 6 nitrogen and oxygen atoms in total. The fraction of sp³-hybridized carbons (Fsp3) is 0.286. The molecule has 0 saturated carbocycles. The first kappa shape index (κ1) is 25.1. The van der Waals surface area contributed by atoms with E-state index in [9.17, 15) is 9.59 Å². The van der Waals surface area contributed by atoms with Crippen molar-refractivity contribution in [1.82, 2.24) is 5.32 Å². The Morgan fingerprint density at radius 3 is 2.12 bits per heavy atom. The van der Waals surface area contributed by atoms with Crippen LogP contribution in [0.3, 0.4) is 0 Å². The number of amides is 1. The number of ether oxygens (including phenoxy) is 3. The van der Waals surface area contributed by atoms with Gasteiger partial charge in [0.15, 0.2) is 5.78 Å². The maximum atomic E-state index is 13.0. The number of nitrogens with one attached hydrogen (secondary N) is 1. The zero-order valence-electron chi connectivity index (χ0n) is 19.4. The summed E-state index contributed by atoms with van der Waals surface area (Å²) in [5.74, 6) is 1.09. The van der Waals surface area contributed by atoms with E-state index >= 15 is 0 Å². The van der Waals surface area contributed by atoms with Gasteiger partial charge >= 0.3 is 0 Å². The molecule has 3 rings (SSSR count). The average Bonchev–Trinajstić information content (AvgIpc) is 2.86. The molecule has 0 aliphatic heterocycles. The number of carbonyl (C=O) groups is 2. The van der Waals surface area contributed by atoms with Gasteiger partial charge in [0.25, 0.3) is 0 Å². The third kappa shape index (κ3) is 8.81. The van der Waals surface area contributed by atoms with Crippen molar-refractivity contribution in [1.29, 1.82) is 0 Å². The lowest BCUT2D eigenvalue weighted by atomic mass is 10.0. The quantitative estimate of drug-likeness (QED) is 0.352. The molecule has 0 aromatic heterocycles. The largest absolute Gasteiger partial charge is 0.457 e. The number of hydrogen-bond acceptors (Lipinski definition) is 5. The van der Waals surface area contributed by atoms with Crippen LogP contribution in [-0.2, 0) is 32.1 Å². The van der Waals surface area contributed by atoms with Gasteiger partial charge in [0.1, 0.15) is 17.5 Å². The molecule has 0 heterocycles. The monoisotopic (exact) mass is 461 g/mol. The van der Waals surface area contributed by atoms with Gasteiger partial charge in [-0.2, -0.15) is 0 Å². The van der Waals surface area contributed by atoms with E-state index in [1.165, 1.54) is 0 Å². The molecule has 0 bridgehead atoms. The van der Waals surface area contributed by atoms with Crippen molar-refractivity contribution in [2.75, 3.05) is 19.8 Å². The Hall–Kier alpha value is -3.48. The fourth-order valence-electron chi connectivity index (χ4n) is 3.28. The maximum absolute atomic E-state index is 13.0. The minimum atomic E-state index is -0.738. The van der Waals surface area contributed by atoms with Crippen molar-refractivity contribution in [2.45, 2.75) is 32.4 Å². The van der Waals surface area contributed by atoms with Crippen molar-refractivity contribution in [3.8, 4) is 11.5 Å². The van der Waals surface area contributed by atoms with Gasteiger partial charge in [-0.15, -0.1) is 0 Å². The standard InChI is InChI=1S/C28H31NO5/c1-2-32-18-17-28(31)29-26(21-33-20-23-9-5-3-6-10-23)27(30)19-22-13-15-25(16-14-22)34-24-11-7-4-8-12-24/h3-16,26H,2,17-21H2,1H3,(H,29,31). The van der Waals surface area contributed by atoms with Crippen molar-refractivity contribution in [2.24, 2.45) is 0 Å². The van der Waals surface area contributed by atoms with Crippen molar-refractivity contribution >= 4 is 11.7 Å². The van der Waals surface area contributed by atoms with Gasteiger partial charge in [0, 0.05) is 19.4 Å². The molecule has 1 amide bonds. The van der Waals surface area contributed by atoms with Crippen LogP contribution in [0.1, 0.15) is 24.5 Å². The summed E-state index contributed by atoms with van der Waals surface area (Å²) in [5.41, 5.74) is 1.84. The molecular formula is C28H31NO5. The van der Waals surface area contributed by atoms with E-state index in [1.54, 1.807) is 0 Å². The summed E-state index contributed by atoms with van der Waals surface area (Å²) >= 11 is 0. The molecule has 0 aliphatic carbocycles. The molecule has 3 aromatic rings. The molecule has 1 atom stereocenters. The zero-order chi connectivity index (χ0) is 24.0. The number of ketones is 1. The smallest absolute Gasteiger partial charge is 0.222 e. The van der Waals surface area contributed by atoms with E-state index in [2.05, 4.69) is 5.32 Å². The van der Waals surface area contributed by atoms with Crippen LogP contribution in [0.4, 0.5) is 0 Å². The number of hydrogen-bond donors (Lipinski definition) is 1. The molecule has 3 aromatic carbocycles. The van der Waals surface area contributed by atoms with Gasteiger partial charge in [0.2, 0.25) is 5.91 Å². The molecule has 0 fully saturated rings. The fourth-order valence-corrected chi connectivity index (χ4v) is 3.28. The summed E-state index contributed by atoms with van der Waals surface area (Å²) in [6, 6.07) is 25.9. The Morgan fingerprint density at radius 2 is 1.44 bits per heavy atom. The van der Waals surface area contributed by atoms with Crippen LogP contribution < -0.4 is 10.1 Å². The third-order valence-corrected chi connectivity index (χ3v) is 5.08. The topological polar surface area (TPSA) is 73.9 Å². The summed E-state index contributed by atoms with van der Waals surface area (Å²) in [6.07, 6.45) is 0.374. The summed E-state index contributed by atoms with van der Waals surface area (Å²) in [5, 5.41) is 2.81. The van der Waals surface area contributed by atoms with E-state index in [1.807, 2.05) is 91.9 Å². The Balaban J connectivity index is 1.57. The highest BCUT2D eigenvalue weighted by atomic mass is 16.5. The van der Waals surface area contributed by atoms with E-state index in [0.717, 1.165) is 16.9 Å². The molecule has 0 radical (unpaired) electrons. The Labute approximate surface area is 200 Å². The lowest BCUT2D eigenvalue weighted by Crippen LogP contribution is -2.45. The highest BCUT2D eigenvalue weighted by Gasteiger charge is 2.21. The third-order valence-electron chi connectivity index (χ3n) is 5.08. The highest BCUT2D eigenvalue weighted by molar-refractivity contribution is 5.90. The molecule has 0 aliphatic rings. The number of rotatable bonds is 14. The van der Waals surface area contributed by atoms with Gasteiger partial charge in [-0.05, 0) is 42.3 Å². The van der Waals surface area contributed by atoms with E-state index < -0.39 is 6.04 Å². The zero-order valence-corrected chi connectivity index (χ0v) is 19.4. The first-order valence-corrected chi connectivity index (χ1v) is 11.5. The minimum absolute atomic E-state index is 0.101. The lowest BCUT2D eigenvalue weighted by molar-refractivity contribution is -0.129. The first-order valence-electron chi connectivity index (χ1n) is 11.5. The highest BCUT2D eigenvalue weighted by Crippen LogP contribution is 2.21. The van der Waals surface area contributed by atoms with Crippen LogP contribution in [0, 0.1) is 0 Å². The molecule has 0 spiro atoms. The molecule has 6 heteroatoms. The van der Waals surface area contributed by atoms with Gasteiger partial charge in [-0.3, -0.25) is 9.59 Å². The van der Waals surface area contributed by atoms with Gasteiger partial charge in [0.05, 0.1) is 19.8 Å². The molecule has 34 heavy (non-hydrogen) atoms. The maximum Gasteiger partial charge on any atom is 0.222 e. The molecular weight excluding hydrogens is 430 g/mol. The van der Waals surface area contributed by atoms with E-state index in [0.29, 0.717) is 25.6 Å². The Bertz CT molecular complexity index is 1010. The van der Waals surface area contributed by atoms with Crippen molar-refractivity contribution in [3.63, 3.8) is 0 Å². The van der Waals surface area contributed by atoms with Crippen LogP contribution in [0.2, 0.25) is 0 Å². The van der Waals surface area contributed by atoms with Crippen LogP contribution >= 0.6 is 0 Å². The molecule has 1 unspecified atom stereocenters. The Kier molecular flexibility index (Phi) is 10.3. The summed E-state index contributed by atoms with van der Waals surface area (Å²) in [7, 11) is 0. The van der Waals surface area contributed by atoms with Gasteiger partial charge in [-0.25, -0.2) is 0 Å². The summed E-state index contributed by atoms with van der Waals surface area (Å²) in [4.78, 5) is 25.4. The molecule has 178 valence electrons. The summed E-state index contributed by atoms with van der Waals surface area (Å²) < 4.78 is 16.8. The van der Waals surface area contributed by atoms with Crippen LogP contribution in [0.15, 0.2) is 84.9 Å². The molecule has 1 N–H and O–H groups in total. The van der Waals surface area contributed by atoms with Crippen LogP contribution in [0.25, 0.3) is 0 Å². The van der Waals surface area contributed by atoms with Crippen molar-refractivity contribution < 1.29 is 23.8 Å². The number of carbonyl (C=O) groups excluding carboxylic acids is 2. The van der Waals surface area contributed by atoms with Crippen LogP contribution in [0.5, 0.6) is 11.5 Å².